The molecular weight excluding hydrogens is 516 g/mol. The van der Waals surface area contributed by atoms with E-state index in [1.165, 1.54) is 5.57 Å². The molecule has 208 valence electrons. The maximum absolute atomic E-state index is 11.7. The number of halogens is 1. The van der Waals surface area contributed by atoms with E-state index in [0.717, 1.165) is 57.8 Å². The smallest absolute Gasteiger partial charge is 0.0921 e. The fraction of sp³-hybridized carbons (Fsp3) is 0.935. The lowest BCUT2D eigenvalue weighted by Crippen LogP contribution is -2.57. The highest BCUT2D eigenvalue weighted by Gasteiger charge is 2.55. The van der Waals surface area contributed by atoms with Crippen molar-refractivity contribution in [1.82, 2.24) is 0 Å². The first-order chi connectivity index (χ1) is 16.5. The van der Waals surface area contributed by atoms with Gasteiger partial charge in [-0.05, 0) is 117 Å². The van der Waals surface area contributed by atoms with Gasteiger partial charge < -0.3 is 19.3 Å². The molecule has 4 aliphatic rings. The van der Waals surface area contributed by atoms with Crippen LogP contribution < -0.4 is 0 Å². The molecule has 36 heavy (non-hydrogen) atoms. The highest BCUT2D eigenvalue weighted by molar-refractivity contribution is 9.09. The minimum absolute atomic E-state index is 0.0382. The lowest BCUT2D eigenvalue weighted by Gasteiger charge is -2.49. The molecule has 1 unspecified atom stereocenters. The molecular formula is C31H53BrO4. The maximum Gasteiger partial charge on any atom is 0.0921 e. The summed E-state index contributed by atoms with van der Waals surface area (Å²) in [5, 5.41) is 11.7. The lowest BCUT2D eigenvalue weighted by molar-refractivity contribution is -0.261. The SMILES string of the molecule is CC1=CC[C@@H](Br)C(C)(C)[C@H]1CCC(C)(O)[C@H]1CC[C@@H]2O[C@]3(C)CC[C@@H](C)C(C)(C)O[C@H]3CC[C@@]2(C)O1. The van der Waals surface area contributed by atoms with Gasteiger partial charge in [-0.1, -0.05) is 48.4 Å². The number of aliphatic hydroxyl groups is 1. The largest absolute Gasteiger partial charge is 0.387 e. The molecule has 1 N–H and O–H groups in total. The second-order valence-electron chi connectivity index (χ2n) is 14.5. The minimum Gasteiger partial charge on any atom is -0.387 e. The fourth-order valence-electron chi connectivity index (χ4n) is 7.51. The van der Waals surface area contributed by atoms with Crippen molar-refractivity contribution < 1.29 is 19.3 Å². The molecule has 0 amide bonds. The summed E-state index contributed by atoms with van der Waals surface area (Å²) < 4.78 is 20.6. The molecule has 0 radical (unpaired) electrons. The summed E-state index contributed by atoms with van der Waals surface area (Å²) in [6.45, 7) is 20.2. The summed E-state index contributed by atoms with van der Waals surface area (Å²) in [4.78, 5) is 0.474. The lowest BCUT2D eigenvalue weighted by atomic mass is 9.66. The third kappa shape index (κ3) is 5.40. The molecule has 0 saturated carbocycles. The summed E-state index contributed by atoms with van der Waals surface area (Å²) in [6.07, 6.45) is 10.8. The monoisotopic (exact) mass is 568 g/mol. The second kappa shape index (κ2) is 9.91. The zero-order valence-corrected chi connectivity index (χ0v) is 26.0. The zero-order chi connectivity index (χ0) is 26.7. The Hall–Kier alpha value is 0.0600. The van der Waals surface area contributed by atoms with Crippen LogP contribution in [0.1, 0.15) is 120 Å². The fourth-order valence-corrected chi connectivity index (χ4v) is 8.01. The molecule has 9 atom stereocenters. The minimum atomic E-state index is -0.863. The topological polar surface area (TPSA) is 47.9 Å². The Morgan fingerprint density at radius 1 is 0.944 bits per heavy atom. The summed E-state index contributed by atoms with van der Waals surface area (Å²) in [7, 11) is 0. The van der Waals surface area contributed by atoms with Gasteiger partial charge in [-0.2, -0.15) is 0 Å². The summed E-state index contributed by atoms with van der Waals surface area (Å²) in [6, 6.07) is 0. The van der Waals surface area contributed by atoms with E-state index in [4.69, 9.17) is 14.2 Å². The summed E-state index contributed by atoms with van der Waals surface area (Å²) in [5.41, 5.74) is -0.0664. The number of allylic oxidation sites excluding steroid dienone is 2. The van der Waals surface area contributed by atoms with Gasteiger partial charge in [0.15, 0.2) is 0 Å². The normalized spacial score (nSPS) is 46.4. The number of ether oxygens (including phenoxy) is 3. The Morgan fingerprint density at radius 2 is 1.56 bits per heavy atom. The van der Waals surface area contributed by atoms with E-state index >= 15 is 0 Å². The first-order valence-electron chi connectivity index (χ1n) is 14.6. The van der Waals surface area contributed by atoms with E-state index in [1.54, 1.807) is 0 Å². The molecule has 0 aromatic rings. The van der Waals surface area contributed by atoms with Crippen LogP contribution in [0.4, 0.5) is 0 Å². The average Bonchev–Trinajstić information content (AvgIpc) is 2.93. The van der Waals surface area contributed by atoms with Crippen molar-refractivity contribution >= 4 is 15.9 Å². The maximum atomic E-state index is 11.7. The molecule has 0 spiro atoms. The van der Waals surface area contributed by atoms with Crippen LogP contribution in [-0.2, 0) is 14.2 Å². The second-order valence-corrected chi connectivity index (χ2v) is 15.6. The molecule has 3 saturated heterocycles. The van der Waals surface area contributed by atoms with Gasteiger partial charge in [0.2, 0.25) is 0 Å². The molecule has 0 aromatic heterocycles. The Balaban J connectivity index is 1.46. The van der Waals surface area contributed by atoms with Gasteiger partial charge in [0.25, 0.3) is 0 Å². The van der Waals surface area contributed by atoms with Crippen LogP contribution in [0, 0.1) is 17.3 Å². The molecule has 0 aromatic carbocycles. The molecule has 1 aliphatic carbocycles. The quantitative estimate of drug-likeness (QED) is 0.278. The standard InChI is InChI=1S/C31H53BrO4/c1-20-10-11-23(32)27(3,4)22(20)15-17-29(7,33)24-12-13-25-31(9,35-24)19-16-26-30(8,36-25)18-14-21(2)28(5,6)34-26/h10,21-26,33H,11-19H2,1-9H3/t21-,22+,23-,24-,25+,26+,29?,30-,31-/m1/s1. The predicted octanol–water partition coefficient (Wildman–Crippen LogP) is 7.74. The first kappa shape index (κ1) is 29.1. The van der Waals surface area contributed by atoms with Gasteiger partial charge in [-0.3, -0.25) is 0 Å². The van der Waals surface area contributed by atoms with Crippen molar-refractivity contribution in [3.8, 4) is 0 Å². The van der Waals surface area contributed by atoms with Crippen LogP contribution in [-0.4, -0.2) is 50.6 Å². The van der Waals surface area contributed by atoms with Crippen LogP contribution in [0.3, 0.4) is 0 Å². The van der Waals surface area contributed by atoms with E-state index < -0.39 is 11.2 Å². The van der Waals surface area contributed by atoms with Crippen LogP contribution in [0.25, 0.3) is 0 Å². The molecule has 3 aliphatic heterocycles. The third-order valence-corrected chi connectivity index (χ3v) is 12.6. The highest BCUT2D eigenvalue weighted by Crippen LogP contribution is 2.50. The molecule has 4 rings (SSSR count). The Bertz CT molecular complexity index is 834. The van der Waals surface area contributed by atoms with E-state index in [9.17, 15) is 5.11 Å². The van der Waals surface area contributed by atoms with Gasteiger partial charge in [0.05, 0.1) is 40.7 Å². The molecule has 3 heterocycles. The van der Waals surface area contributed by atoms with Crippen LogP contribution in [0.2, 0.25) is 0 Å². The number of hydrogen-bond donors (Lipinski definition) is 1. The van der Waals surface area contributed by atoms with E-state index in [2.05, 4.69) is 77.4 Å². The molecule has 3 fully saturated rings. The Kier molecular flexibility index (Phi) is 8.00. The van der Waals surface area contributed by atoms with Crippen molar-refractivity contribution in [2.75, 3.05) is 0 Å². The van der Waals surface area contributed by atoms with Crippen LogP contribution >= 0.6 is 15.9 Å². The predicted molar refractivity (Wildman–Crippen MR) is 151 cm³/mol. The van der Waals surface area contributed by atoms with Gasteiger partial charge in [-0.15, -0.1) is 0 Å². The van der Waals surface area contributed by atoms with Gasteiger partial charge in [0.1, 0.15) is 0 Å². The number of hydrogen-bond acceptors (Lipinski definition) is 4. The van der Waals surface area contributed by atoms with Crippen LogP contribution in [0.5, 0.6) is 0 Å². The number of alkyl halides is 1. The third-order valence-electron chi connectivity index (χ3n) is 11.0. The summed E-state index contributed by atoms with van der Waals surface area (Å²) >= 11 is 3.92. The average molecular weight is 570 g/mol. The number of rotatable bonds is 4. The highest BCUT2D eigenvalue weighted by atomic mass is 79.9. The van der Waals surface area contributed by atoms with Crippen molar-refractivity contribution in [1.29, 1.82) is 0 Å². The van der Waals surface area contributed by atoms with Crippen LogP contribution in [0.15, 0.2) is 11.6 Å². The van der Waals surface area contributed by atoms with Crippen molar-refractivity contribution in [3.05, 3.63) is 11.6 Å². The molecule has 5 heteroatoms. The number of fused-ring (bicyclic) bond motifs is 2. The molecule has 4 nitrogen and oxygen atoms in total. The Labute approximate surface area is 229 Å². The zero-order valence-electron chi connectivity index (χ0n) is 24.5. The van der Waals surface area contributed by atoms with Crippen molar-refractivity contribution in [2.24, 2.45) is 17.3 Å². The van der Waals surface area contributed by atoms with Crippen molar-refractivity contribution in [3.63, 3.8) is 0 Å². The first-order valence-corrected chi connectivity index (χ1v) is 15.5. The van der Waals surface area contributed by atoms with Crippen molar-refractivity contribution in [2.45, 2.75) is 166 Å². The molecule has 0 bridgehead atoms. The van der Waals surface area contributed by atoms with E-state index in [1.807, 2.05) is 6.92 Å². The van der Waals surface area contributed by atoms with Gasteiger partial charge in [-0.25, -0.2) is 0 Å². The Morgan fingerprint density at radius 3 is 2.25 bits per heavy atom. The van der Waals surface area contributed by atoms with E-state index in [0.29, 0.717) is 16.7 Å². The summed E-state index contributed by atoms with van der Waals surface area (Å²) in [5.74, 6) is 0.968. The van der Waals surface area contributed by atoms with E-state index in [-0.39, 0.29) is 34.9 Å². The van der Waals surface area contributed by atoms with Gasteiger partial charge >= 0.3 is 0 Å². The van der Waals surface area contributed by atoms with Gasteiger partial charge in [0, 0.05) is 4.83 Å².